The number of alkyl halides is 1. The van der Waals surface area contributed by atoms with Crippen molar-refractivity contribution in [3.8, 4) is 0 Å². The van der Waals surface area contributed by atoms with Gasteiger partial charge in [-0.2, -0.15) is 0 Å². The second-order valence-electron chi connectivity index (χ2n) is 11.2. The molecule has 3 aliphatic rings. The van der Waals surface area contributed by atoms with Gasteiger partial charge in [-0.05, 0) is 6.42 Å². The van der Waals surface area contributed by atoms with Crippen LogP contribution in [-0.4, -0.2) is 184 Å². The first kappa shape index (κ1) is 37.2. The molecule has 44 heavy (non-hydrogen) atoms. The van der Waals surface area contributed by atoms with Gasteiger partial charge in [0, 0.05) is 25.7 Å². The van der Waals surface area contributed by atoms with Crippen LogP contribution in [0, 0.1) is 0 Å². The predicted molar refractivity (Wildman–Crippen MR) is 145 cm³/mol. The molecule has 0 bridgehead atoms. The van der Waals surface area contributed by atoms with Gasteiger partial charge >= 0.3 is 0 Å². The van der Waals surface area contributed by atoms with Crippen LogP contribution in [-0.2, 0) is 23.7 Å². The lowest BCUT2D eigenvalue weighted by molar-refractivity contribution is -0.320. The van der Waals surface area contributed by atoms with Gasteiger partial charge in [0.25, 0.3) is 5.91 Å². The number of halogens is 1. The van der Waals surface area contributed by atoms with Crippen LogP contribution in [0.3, 0.4) is 0 Å². The fraction of sp³-hybridized carbons (Fsp3) is 0.958. The molecule has 0 radical (unpaired) electrons. The van der Waals surface area contributed by atoms with Crippen LogP contribution < -0.4 is 33.6 Å². The largest absolute Gasteiger partial charge is 0.395 e. The molecule has 18 N–H and O–H groups in total. The maximum atomic E-state index is 14.0. The van der Waals surface area contributed by atoms with E-state index in [2.05, 4.69) is 10.6 Å². The molecule has 258 valence electrons. The number of carbonyl (C=O) groups is 1. The van der Waals surface area contributed by atoms with E-state index in [9.17, 15) is 44.9 Å². The quantitative estimate of drug-likeness (QED) is 0.0826. The number of aliphatic hydroxyl groups is 8. The molecule has 1 amide bonds. The summed E-state index contributed by atoms with van der Waals surface area (Å²) < 4.78 is 36.9. The Kier molecular flexibility index (Phi) is 14.0. The topological polar surface area (TPSA) is 344 Å². The highest BCUT2D eigenvalue weighted by molar-refractivity contribution is 5.81. The predicted octanol–water partition coefficient (Wildman–Crippen LogP) is -8.89. The molecule has 0 aromatic carbocycles. The standard InChI is InChI=1S/C24H47FN6O13/c25-7(4-26)14(34)22(40)31-9-3-8(27)20(43-23-13(29)17(37)16(36)10(41-23)5-30-1-2-32)19(39)21(9)44-24-18(38)12(28)15(35)11(6-33)42-24/h7-21,23-24,30,32-39H,1-6,26-29H2,(H,31,40)/t7?,8-,9+,10+,11+,12-,13+,14?,15+,16+,17+,18+,19-,20?,21-,23+,24+/m0/s1. The number of aliphatic hydroxyl groups excluding tert-OH is 8. The van der Waals surface area contributed by atoms with Crippen LogP contribution in [0.4, 0.5) is 4.39 Å². The average Bonchev–Trinajstić information content (AvgIpc) is 3.00. The van der Waals surface area contributed by atoms with E-state index in [1.165, 1.54) is 0 Å². The van der Waals surface area contributed by atoms with Gasteiger partial charge in [0.05, 0.1) is 31.3 Å². The number of hydrogen-bond donors (Lipinski definition) is 14. The minimum Gasteiger partial charge on any atom is -0.395 e. The summed E-state index contributed by atoms with van der Waals surface area (Å²) in [6.07, 6.45) is -20.9. The first-order valence-electron chi connectivity index (χ1n) is 14.3. The number of nitrogens with two attached hydrogens (primary N) is 4. The summed E-state index contributed by atoms with van der Waals surface area (Å²) in [5, 5.41) is 87.0. The minimum atomic E-state index is -2.18. The Labute approximate surface area is 252 Å². The Hall–Kier alpha value is -1.28. The lowest BCUT2D eigenvalue weighted by Crippen LogP contribution is -2.70. The minimum absolute atomic E-state index is 0.0137. The smallest absolute Gasteiger partial charge is 0.252 e. The van der Waals surface area contributed by atoms with Gasteiger partial charge in [-0.3, -0.25) is 4.79 Å². The summed E-state index contributed by atoms with van der Waals surface area (Å²) in [5.74, 6) is -1.21. The number of nitrogens with one attached hydrogen (secondary N) is 2. The fourth-order valence-electron chi connectivity index (χ4n) is 5.40. The van der Waals surface area contributed by atoms with E-state index in [1.807, 2.05) is 0 Å². The highest BCUT2D eigenvalue weighted by Gasteiger charge is 2.52. The normalized spacial score (nSPS) is 44.6. The molecule has 3 unspecified atom stereocenters. The van der Waals surface area contributed by atoms with Gasteiger partial charge < -0.3 is 93.4 Å². The highest BCUT2D eigenvalue weighted by Crippen LogP contribution is 2.32. The Morgan fingerprint density at radius 1 is 0.886 bits per heavy atom. The number of amides is 1. The lowest BCUT2D eigenvalue weighted by atomic mass is 9.83. The van der Waals surface area contributed by atoms with Crippen molar-refractivity contribution < 1.29 is 69.0 Å². The van der Waals surface area contributed by atoms with Gasteiger partial charge in [-0.25, -0.2) is 4.39 Å². The monoisotopic (exact) mass is 646 g/mol. The molecule has 0 aromatic heterocycles. The number of rotatable bonds is 13. The third-order valence-corrected chi connectivity index (χ3v) is 8.08. The molecular weight excluding hydrogens is 599 g/mol. The van der Waals surface area contributed by atoms with E-state index in [0.717, 1.165) is 0 Å². The van der Waals surface area contributed by atoms with E-state index in [4.69, 9.17) is 47.0 Å². The van der Waals surface area contributed by atoms with Crippen molar-refractivity contribution in [2.45, 2.75) is 110 Å². The number of hydrogen-bond acceptors (Lipinski definition) is 18. The van der Waals surface area contributed by atoms with Crippen LogP contribution in [0.2, 0.25) is 0 Å². The van der Waals surface area contributed by atoms with Gasteiger partial charge in [-0.1, -0.05) is 0 Å². The second-order valence-corrected chi connectivity index (χ2v) is 11.2. The van der Waals surface area contributed by atoms with Crippen LogP contribution >= 0.6 is 0 Å². The molecule has 2 heterocycles. The summed E-state index contributed by atoms with van der Waals surface area (Å²) >= 11 is 0. The van der Waals surface area contributed by atoms with Gasteiger partial charge in [0.1, 0.15) is 61.1 Å². The summed E-state index contributed by atoms with van der Waals surface area (Å²) in [6.45, 7) is -1.44. The molecule has 17 atom stereocenters. The number of ether oxygens (including phenoxy) is 4. The van der Waals surface area contributed by atoms with Crippen molar-refractivity contribution >= 4 is 5.91 Å². The Morgan fingerprint density at radius 3 is 2.14 bits per heavy atom. The first-order valence-corrected chi connectivity index (χ1v) is 14.3. The van der Waals surface area contributed by atoms with Gasteiger partial charge in [-0.15, -0.1) is 0 Å². The molecule has 2 saturated heterocycles. The third-order valence-electron chi connectivity index (χ3n) is 8.08. The van der Waals surface area contributed by atoms with Gasteiger partial charge in [0.2, 0.25) is 0 Å². The first-order chi connectivity index (χ1) is 20.8. The zero-order valence-electron chi connectivity index (χ0n) is 23.9. The maximum absolute atomic E-state index is 14.0. The third kappa shape index (κ3) is 8.35. The summed E-state index contributed by atoms with van der Waals surface area (Å²) in [6, 6.07) is -5.05. The van der Waals surface area contributed by atoms with Crippen LogP contribution in [0.5, 0.6) is 0 Å². The van der Waals surface area contributed by atoms with Crippen LogP contribution in [0.25, 0.3) is 0 Å². The molecule has 1 aliphatic carbocycles. The molecule has 3 rings (SSSR count). The Balaban J connectivity index is 1.85. The van der Waals surface area contributed by atoms with E-state index < -0.39 is 123 Å². The zero-order chi connectivity index (χ0) is 32.9. The average molecular weight is 647 g/mol. The molecule has 0 spiro atoms. The Morgan fingerprint density at radius 2 is 1.52 bits per heavy atom. The molecule has 20 heteroatoms. The summed E-state index contributed by atoms with van der Waals surface area (Å²) in [7, 11) is 0. The number of carbonyl (C=O) groups excluding carboxylic acids is 1. The SMILES string of the molecule is NCC(F)C(O)C(=O)N[C@@H]1C[C@H](N)C(O[C@H]2O[C@H](CNCCO)[C@@H](O)[C@H](O)[C@H]2N)[C@H](O)[C@H]1O[C@H]1O[C@H](CO)[C@@H](O)[C@H](N)[C@H]1O. The van der Waals surface area contributed by atoms with E-state index in [1.54, 1.807) is 0 Å². The highest BCUT2D eigenvalue weighted by atomic mass is 19.1. The molecule has 0 aromatic rings. The van der Waals surface area contributed by atoms with Crippen LogP contribution in [0.15, 0.2) is 0 Å². The molecular formula is C24H47FN6O13. The van der Waals surface area contributed by atoms with Crippen molar-refractivity contribution in [2.24, 2.45) is 22.9 Å². The van der Waals surface area contributed by atoms with Crippen molar-refractivity contribution in [2.75, 3.05) is 32.8 Å². The van der Waals surface area contributed by atoms with Crippen molar-refractivity contribution in [1.29, 1.82) is 0 Å². The molecule has 19 nitrogen and oxygen atoms in total. The van der Waals surface area contributed by atoms with Crippen molar-refractivity contribution in [1.82, 2.24) is 10.6 Å². The fourth-order valence-corrected chi connectivity index (χ4v) is 5.40. The molecule has 3 fully saturated rings. The summed E-state index contributed by atoms with van der Waals surface area (Å²) in [5.41, 5.74) is 23.4. The molecule has 2 aliphatic heterocycles. The van der Waals surface area contributed by atoms with Crippen molar-refractivity contribution in [3.63, 3.8) is 0 Å². The lowest BCUT2D eigenvalue weighted by Gasteiger charge is -2.49. The van der Waals surface area contributed by atoms with Crippen molar-refractivity contribution in [3.05, 3.63) is 0 Å². The maximum Gasteiger partial charge on any atom is 0.252 e. The van der Waals surface area contributed by atoms with E-state index in [0.29, 0.717) is 0 Å². The summed E-state index contributed by atoms with van der Waals surface area (Å²) in [4.78, 5) is 12.6. The second kappa shape index (κ2) is 16.5. The van der Waals surface area contributed by atoms with E-state index >= 15 is 0 Å². The van der Waals surface area contributed by atoms with Gasteiger partial charge in [0.15, 0.2) is 18.7 Å². The molecule has 1 saturated carbocycles. The van der Waals surface area contributed by atoms with Crippen LogP contribution in [0.1, 0.15) is 6.42 Å². The van der Waals surface area contributed by atoms with E-state index in [-0.39, 0.29) is 26.1 Å². The zero-order valence-corrected chi connectivity index (χ0v) is 23.9. The Bertz CT molecular complexity index is 904.